The minimum Gasteiger partial charge on any atom is -0.348 e. The predicted molar refractivity (Wildman–Crippen MR) is 49.9 cm³/mol. The van der Waals surface area contributed by atoms with Gasteiger partial charge in [0.2, 0.25) is 5.95 Å². The first kappa shape index (κ1) is 8.59. The number of hydrogen-bond donors (Lipinski definition) is 0. The maximum absolute atomic E-state index is 4.29. The Morgan fingerprint density at radius 2 is 2.27 bits per heavy atom. The number of aromatic nitrogens is 2. The van der Waals surface area contributed by atoms with Gasteiger partial charge in [-0.15, -0.1) is 0 Å². The molecule has 3 nitrogen and oxygen atoms in total. The molecule has 62 valence electrons. The van der Waals surface area contributed by atoms with Crippen molar-refractivity contribution in [3.05, 3.63) is 10.8 Å². The lowest BCUT2D eigenvalue weighted by atomic mass is 10.7. The molecule has 1 aromatic heterocycles. The summed E-state index contributed by atoms with van der Waals surface area (Å²) in [6.45, 7) is 3.05. The Morgan fingerprint density at radius 3 is 2.64 bits per heavy atom. The molecule has 0 bridgehead atoms. The van der Waals surface area contributed by atoms with Crippen molar-refractivity contribution in [3.63, 3.8) is 0 Å². The molecule has 0 amide bonds. The van der Waals surface area contributed by atoms with Crippen LogP contribution in [0.2, 0.25) is 0 Å². The Labute approximate surface area is 75.2 Å². The highest BCUT2D eigenvalue weighted by atomic mass is 79.9. The number of rotatable bonds is 2. The van der Waals surface area contributed by atoms with Crippen LogP contribution < -0.4 is 4.90 Å². The van der Waals surface area contributed by atoms with Crippen molar-refractivity contribution >= 4 is 21.9 Å². The number of imidazole rings is 1. The van der Waals surface area contributed by atoms with Crippen molar-refractivity contribution < 1.29 is 0 Å². The van der Waals surface area contributed by atoms with Crippen molar-refractivity contribution in [2.45, 2.75) is 13.5 Å². The maximum atomic E-state index is 4.29. The Morgan fingerprint density at radius 1 is 1.64 bits per heavy atom. The molecule has 4 heteroatoms. The fourth-order valence-electron chi connectivity index (χ4n) is 0.965. The van der Waals surface area contributed by atoms with E-state index in [1.165, 1.54) is 0 Å². The molecule has 0 aromatic carbocycles. The van der Waals surface area contributed by atoms with Crippen LogP contribution in [-0.4, -0.2) is 23.6 Å². The number of hydrogen-bond acceptors (Lipinski definition) is 2. The van der Waals surface area contributed by atoms with Gasteiger partial charge in [0, 0.05) is 26.8 Å². The van der Waals surface area contributed by atoms with Crippen molar-refractivity contribution in [1.29, 1.82) is 0 Å². The molecule has 1 rings (SSSR count). The largest absolute Gasteiger partial charge is 0.348 e. The van der Waals surface area contributed by atoms with Crippen LogP contribution in [0.25, 0.3) is 0 Å². The summed E-state index contributed by atoms with van der Waals surface area (Å²) >= 11 is 3.33. The molecule has 11 heavy (non-hydrogen) atoms. The SMILES string of the molecule is CCn1cc(Br)nc1N(C)C. The van der Waals surface area contributed by atoms with Gasteiger partial charge in [0.25, 0.3) is 0 Å². The first-order chi connectivity index (χ1) is 5.15. The number of aryl methyl sites for hydroxylation is 1. The molecule has 0 spiro atoms. The standard InChI is InChI=1S/C7H12BrN3/c1-4-11-5-6(8)9-7(11)10(2)3/h5H,4H2,1-3H3. The van der Waals surface area contributed by atoms with Gasteiger partial charge in [0.05, 0.1) is 0 Å². The molecule has 0 saturated heterocycles. The summed E-state index contributed by atoms with van der Waals surface area (Å²) in [5.74, 6) is 0.986. The van der Waals surface area contributed by atoms with Crippen molar-refractivity contribution in [1.82, 2.24) is 9.55 Å². The highest BCUT2D eigenvalue weighted by Gasteiger charge is 2.05. The zero-order chi connectivity index (χ0) is 8.43. The third-order valence-corrected chi connectivity index (χ3v) is 1.85. The van der Waals surface area contributed by atoms with Gasteiger partial charge in [-0.3, -0.25) is 0 Å². The Kier molecular flexibility index (Phi) is 2.54. The molecule has 0 radical (unpaired) electrons. The second-order valence-electron chi connectivity index (χ2n) is 2.54. The van der Waals surface area contributed by atoms with Gasteiger partial charge in [-0.05, 0) is 22.9 Å². The van der Waals surface area contributed by atoms with Crippen molar-refractivity contribution in [3.8, 4) is 0 Å². The molecule has 0 N–H and O–H groups in total. The highest BCUT2D eigenvalue weighted by molar-refractivity contribution is 9.10. The second-order valence-corrected chi connectivity index (χ2v) is 3.36. The van der Waals surface area contributed by atoms with E-state index in [-0.39, 0.29) is 0 Å². The van der Waals surface area contributed by atoms with E-state index in [2.05, 4.69) is 32.4 Å². The highest BCUT2D eigenvalue weighted by Crippen LogP contribution is 2.15. The quantitative estimate of drug-likeness (QED) is 0.753. The summed E-state index contributed by atoms with van der Waals surface area (Å²) in [6.07, 6.45) is 1.98. The summed E-state index contributed by atoms with van der Waals surface area (Å²) in [6, 6.07) is 0. The van der Waals surface area contributed by atoms with Gasteiger partial charge in [0.15, 0.2) is 0 Å². The normalized spacial score (nSPS) is 10.2. The summed E-state index contributed by atoms with van der Waals surface area (Å²) in [5, 5.41) is 0. The summed E-state index contributed by atoms with van der Waals surface area (Å²) < 4.78 is 2.98. The van der Waals surface area contributed by atoms with Crippen LogP contribution in [0.1, 0.15) is 6.92 Å². The van der Waals surface area contributed by atoms with E-state index in [1.54, 1.807) is 0 Å². The van der Waals surface area contributed by atoms with E-state index in [0.29, 0.717) is 0 Å². The molecule has 0 aliphatic heterocycles. The predicted octanol–water partition coefficient (Wildman–Crippen LogP) is 1.73. The van der Waals surface area contributed by atoms with Crippen LogP contribution >= 0.6 is 15.9 Å². The number of nitrogens with zero attached hydrogens (tertiary/aromatic N) is 3. The smallest absolute Gasteiger partial charge is 0.206 e. The van der Waals surface area contributed by atoms with E-state index >= 15 is 0 Å². The fraction of sp³-hybridized carbons (Fsp3) is 0.571. The summed E-state index contributed by atoms with van der Waals surface area (Å²) in [4.78, 5) is 6.28. The summed E-state index contributed by atoms with van der Waals surface area (Å²) in [5.41, 5.74) is 0. The zero-order valence-corrected chi connectivity index (χ0v) is 8.59. The Balaban J connectivity index is 3.02. The molecular weight excluding hydrogens is 206 g/mol. The topological polar surface area (TPSA) is 21.1 Å². The molecule has 0 fully saturated rings. The molecule has 0 saturated carbocycles. The van der Waals surface area contributed by atoms with Crippen molar-refractivity contribution in [2.75, 3.05) is 19.0 Å². The van der Waals surface area contributed by atoms with Gasteiger partial charge in [-0.25, -0.2) is 4.98 Å². The fourth-order valence-corrected chi connectivity index (χ4v) is 1.37. The van der Waals surface area contributed by atoms with Gasteiger partial charge in [-0.2, -0.15) is 0 Å². The second kappa shape index (κ2) is 3.26. The first-order valence-electron chi connectivity index (χ1n) is 3.55. The van der Waals surface area contributed by atoms with Gasteiger partial charge >= 0.3 is 0 Å². The molecule has 0 aliphatic carbocycles. The number of anilines is 1. The molecule has 0 atom stereocenters. The van der Waals surface area contributed by atoms with E-state index in [0.717, 1.165) is 17.1 Å². The first-order valence-corrected chi connectivity index (χ1v) is 4.34. The van der Waals surface area contributed by atoms with Gasteiger partial charge < -0.3 is 9.47 Å². The number of halogens is 1. The molecular formula is C7H12BrN3. The van der Waals surface area contributed by atoms with E-state index < -0.39 is 0 Å². The van der Waals surface area contributed by atoms with Crippen molar-refractivity contribution in [2.24, 2.45) is 0 Å². The van der Waals surface area contributed by atoms with E-state index in [9.17, 15) is 0 Å². The molecule has 1 heterocycles. The van der Waals surface area contributed by atoms with Crippen LogP contribution in [0.4, 0.5) is 5.95 Å². The Bertz CT molecular complexity index is 242. The van der Waals surface area contributed by atoms with Crippen LogP contribution in [0.5, 0.6) is 0 Å². The Hall–Kier alpha value is -0.510. The minimum atomic E-state index is 0.892. The average molecular weight is 218 g/mol. The van der Waals surface area contributed by atoms with E-state index in [4.69, 9.17) is 0 Å². The lowest BCUT2D eigenvalue weighted by molar-refractivity contribution is 0.747. The monoisotopic (exact) mass is 217 g/mol. The third-order valence-electron chi connectivity index (χ3n) is 1.47. The van der Waals surface area contributed by atoms with E-state index in [1.807, 2.05) is 25.2 Å². The lowest BCUT2D eigenvalue weighted by Gasteiger charge is -2.11. The molecule has 0 unspecified atom stereocenters. The molecule has 1 aromatic rings. The zero-order valence-electron chi connectivity index (χ0n) is 7.00. The minimum absolute atomic E-state index is 0.892. The molecule has 0 aliphatic rings. The van der Waals surface area contributed by atoms with Crippen LogP contribution in [0.15, 0.2) is 10.8 Å². The van der Waals surface area contributed by atoms with Crippen LogP contribution in [0, 0.1) is 0 Å². The average Bonchev–Trinajstić information content (AvgIpc) is 2.30. The maximum Gasteiger partial charge on any atom is 0.206 e. The van der Waals surface area contributed by atoms with Gasteiger partial charge in [0.1, 0.15) is 4.60 Å². The summed E-state index contributed by atoms with van der Waals surface area (Å²) in [7, 11) is 3.97. The lowest BCUT2D eigenvalue weighted by Crippen LogP contribution is -2.14. The van der Waals surface area contributed by atoms with Crippen LogP contribution in [-0.2, 0) is 6.54 Å². The van der Waals surface area contributed by atoms with Gasteiger partial charge in [-0.1, -0.05) is 0 Å². The van der Waals surface area contributed by atoms with Crippen LogP contribution in [0.3, 0.4) is 0 Å². The third kappa shape index (κ3) is 1.74.